The summed E-state index contributed by atoms with van der Waals surface area (Å²) in [6, 6.07) is 0.505. The number of aliphatic hydroxyl groups is 1. The molecular formula is C7H15NO. The summed E-state index contributed by atoms with van der Waals surface area (Å²) in [4.78, 5) is 0. The Labute approximate surface area is 56.3 Å². The number of hydrogen-bond donors (Lipinski definition) is 2. The molecule has 2 nitrogen and oxygen atoms in total. The van der Waals surface area contributed by atoms with E-state index in [-0.39, 0.29) is 6.10 Å². The lowest BCUT2D eigenvalue weighted by atomic mass is 9.97. The Balaban J connectivity index is 2.40. The van der Waals surface area contributed by atoms with Gasteiger partial charge in [0.25, 0.3) is 0 Å². The minimum Gasteiger partial charge on any atom is -0.393 e. The van der Waals surface area contributed by atoms with Crippen LogP contribution in [0, 0.1) is 5.92 Å². The monoisotopic (exact) mass is 129 g/mol. The van der Waals surface area contributed by atoms with Crippen molar-refractivity contribution in [2.45, 2.75) is 32.4 Å². The van der Waals surface area contributed by atoms with Crippen LogP contribution in [0.2, 0.25) is 0 Å². The molecule has 0 saturated carbocycles. The van der Waals surface area contributed by atoms with E-state index in [2.05, 4.69) is 12.2 Å². The molecule has 1 rings (SSSR count). The molecule has 3 atom stereocenters. The van der Waals surface area contributed by atoms with Crippen LogP contribution in [-0.2, 0) is 0 Å². The normalized spacial score (nSPS) is 39.0. The van der Waals surface area contributed by atoms with Crippen LogP contribution in [0.1, 0.15) is 20.3 Å². The number of rotatable bonds is 1. The summed E-state index contributed by atoms with van der Waals surface area (Å²) in [7, 11) is 0. The van der Waals surface area contributed by atoms with Crippen molar-refractivity contribution in [1.29, 1.82) is 0 Å². The molecule has 0 aromatic carbocycles. The Bertz CT molecular complexity index is 92.9. The molecule has 9 heavy (non-hydrogen) atoms. The van der Waals surface area contributed by atoms with Crippen molar-refractivity contribution in [3.8, 4) is 0 Å². The van der Waals surface area contributed by atoms with Gasteiger partial charge >= 0.3 is 0 Å². The molecule has 0 aromatic rings. The predicted octanol–water partition coefficient (Wildman–Crippen LogP) is 0.365. The predicted molar refractivity (Wildman–Crippen MR) is 37.3 cm³/mol. The minimum absolute atomic E-state index is 0.144. The van der Waals surface area contributed by atoms with E-state index >= 15 is 0 Å². The van der Waals surface area contributed by atoms with Gasteiger partial charge < -0.3 is 10.4 Å². The van der Waals surface area contributed by atoms with Crippen LogP contribution in [0.4, 0.5) is 0 Å². The fraction of sp³-hybridized carbons (Fsp3) is 1.00. The third kappa shape index (κ3) is 1.43. The molecule has 1 aliphatic heterocycles. The van der Waals surface area contributed by atoms with Gasteiger partial charge in [-0.25, -0.2) is 0 Å². The third-order valence-electron chi connectivity index (χ3n) is 2.21. The maximum atomic E-state index is 9.18. The molecule has 0 radical (unpaired) electrons. The van der Waals surface area contributed by atoms with Crippen LogP contribution < -0.4 is 5.32 Å². The number of hydrogen-bond acceptors (Lipinski definition) is 2. The second-order valence-electron chi connectivity index (χ2n) is 2.94. The largest absolute Gasteiger partial charge is 0.393 e. The average molecular weight is 129 g/mol. The van der Waals surface area contributed by atoms with E-state index in [9.17, 15) is 5.11 Å². The van der Waals surface area contributed by atoms with Gasteiger partial charge in [0, 0.05) is 12.0 Å². The number of nitrogens with one attached hydrogen (secondary N) is 1. The van der Waals surface area contributed by atoms with E-state index in [0.717, 1.165) is 13.0 Å². The van der Waals surface area contributed by atoms with E-state index in [1.54, 1.807) is 0 Å². The summed E-state index contributed by atoms with van der Waals surface area (Å²) >= 11 is 0. The fourth-order valence-corrected chi connectivity index (χ4v) is 1.54. The molecular weight excluding hydrogens is 114 g/mol. The van der Waals surface area contributed by atoms with E-state index in [1.807, 2.05) is 6.92 Å². The standard InChI is InChI=1S/C7H15NO/c1-5-7(6(2)9)3-4-8-5/h5-9H,3-4H2,1-2H3. The summed E-state index contributed by atoms with van der Waals surface area (Å²) in [6.45, 7) is 5.06. The van der Waals surface area contributed by atoms with Crippen LogP contribution in [0.3, 0.4) is 0 Å². The number of aliphatic hydroxyl groups excluding tert-OH is 1. The van der Waals surface area contributed by atoms with Crippen molar-refractivity contribution in [3.05, 3.63) is 0 Å². The lowest BCUT2D eigenvalue weighted by Gasteiger charge is -2.17. The van der Waals surface area contributed by atoms with Gasteiger partial charge in [0.15, 0.2) is 0 Å². The quantitative estimate of drug-likeness (QED) is 0.536. The summed E-state index contributed by atoms with van der Waals surface area (Å²) in [5.74, 6) is 0.477. The summed E-state index contributed by atoms with van der Waals surface area (Å²) in [6.07, 6.45) is 0.980. The lowest BCUT2D eigenvalue weighted by Crippen LogP contribution is -2.29. The molecule has 1 fully saturated rings. The zero-order valence-corrected chi connectivity index (χ0v) is 6.09. The molecule has 0 amide bonds. The van der Waals surface area contributed by atoms with Crippen LogP contribution in [0.15, 0.2) is 0 Å². The highest BCUT2D eigenvalue weighted by Crippen LogP contribution is 2.18. The van der Waals surface area contributed by atoms with Gasteiger partial charge in [0.05, 0.1) is 6.10 Å². The minimum atomic E-state index is -0.144. The fourth-order valence-electron chi connectivity index (χ4n) is 1.54. The first-order valence-corrected chi connectivity index (χ1v) is 3.63. The van der Waals surface area contributed by atoms with Crippen LogP contribution in [0.5, 0.6) is 0 Å². The Kier molecular flexibility index (Phi) is 2.09. The van der Waals surface area contributed by atoms with Gasteiger partial charge in [-0.3, -0.25) is 0 Å². The van der Waals surface area contributed by atoms with Crippen molar-refractivity contribution >= 4 is 0 Å². The molecule has 1 aliphatic rings. The average Bonchev–Trinajstić information content (AvgIpc) is 2.13. The third-order valence-corrected chi connectivity index (χ3v) is 2.21. The molecule has 2 heteroatoms. The first kappa shape index (κ1) is 7.03. The Morgan fingerprint density at radius 1 is 1.67 bits per heavy atom. The highest BCUT2D eigenvalue weighted by atomic mass is 16.3. The van der Waals surface area contributed by atoms with E-state index < -0.39 is 0 Å². The van der Waals surface area contributed by atoms with Crippen molar-refractivity contribution < 1.29 is 5.11 Å². The zero-order chi connectivity index (χ0) is 6.85. The Hall–Kier alpha value is -0.0800. The van der Waals surface area contributed by atoms with E-state index in [0.29, 0.717) is 12.0 Å². The van der Waals surface area contributed by atoms with E-state index in [1.165, 1.54) is 0 Å². The zero-order valence-electron chi connectivity index (χ0n) is 6.09. The van der Waals surface area contributed by atoms with Crippen LogP contribution >= 0.6 is 0 Å². The molecule has 2 N–H and O–H groups in total. The molecule has 1 saturated heterocycles. The molecule has 0 bridgehead atoms. The van der Waals surface area contributed by atoms with Crippen LogP contribution in [-0.4, -0.2) is 23.8 Å². The highest BCUT2D eigenvalue weighted by molar-refractivity contribution is 4.82. The van der Waals surface area contributed by atoms with Gasteiger partial charge in [0.1, 0.15) is 0 Å². The first-order valence-electron chi connectivity index (χ1n) is 3.63. The van der Waals surface area contributed by atoms with Crippen molar-refractivity contribution in [3.63, 3.8) is 0 Å². The van der Waals surface area contributed by atoms with Gasteiger partial charge in [-0.2, -0.15) is 0 Å². The smallest absolute Gasteiger partial charge is 0.0555 e. The maximum absolute atomic E-state index is 9.18. The van der Waals surface area contributed by atoms with E-state index in [4.69, 9.17) is 0 Å². The summed E-state index contributed by atoms with van der Waals surface area (Å²) in [5, 5.41) is 12.5. The molecule has 0 spiro atoms. The molecule has 0 aromatic heterocycles. The summed E-state index contributed by atoms with van der Waals surface area (Å²) in [5.41, 5.74) is 0. The van der Waals surface area contributed by atoms with Gasteiger partial charge in [-0.05, 0) is 26.8 Å². The lowest BCUT2D eigenvalue weighted by molar-refractivity contribution is 0.121. The highest BCUT2D eigenvalue weighted by Gasteiger charge is 2.26. The molecule has 1 heterocycles. The van der Waals surface area contributed by atoms with Gasteiger partial charge in [0.2, 0.25) is 0 Å². The van der Waals surface area contributed by atoms with Gasteiger partial charge in [-0.1, -0.05) is 0 Å². The summed E-state index contributed by atoms with van der Waals surface area (Å²) < 4.78 is 0. The first-order chi connectivity index (χ1) is 4.22. The van der Waals surface area contributed by atoms with Crippen LogP contribution in [0.25, 0.3) is 0 Å². The Morgan fingerprint density at radius 2 is 2.33 bits per heavy atom. The maximum Gasteiger partial charge on any atom is 0.0555 e. The second kappa shape index (κ2) is 2.67. The molecule has 3 unspecified atom stereocenters. The topological polar surface area (TPSA) is 32.3 Å². The van der Waals surface area contributed by atoms with Gasteiger partial charge in [-0.15, -0.1) is 0 Å². The van der Waals surface area contributed by atoms with Crippen molar-refractivity contribution in [2.75, 3.05) is 6.54 Å². The molecule has 0 aliphatic carbocycles. The van der Waals surface area contributed by atoms with Crippen molar-refractivity contribution in [2.24, 2.45) is 5.92 Å². The Morgan fingerprint density at radius 3 is 2.56 bits per heavy atom. The molecule has 54 valence electrons. The van der Waals surface area contributed by atoms with Crippen molar-refractivity contribution in [1.82, 2.24) is 5.32 Å². The SMILES string of the molecule is CC(O)C1CCNC1C. The second-order valence-corrected chi connectivity index (χ2v) is 2.94.